The van der Waals surface area contributed by atoms with Gasteiger partial charge in [-0.1, -0.05) is 6.08 Å². The number of hydrogen-bond donors (Lipinski definition) is 1. The molecule has 0 amide bonds. The minimum Gasteiger partial charge on any atom is -0.478 e. The summed E-state index contributed by atoms with van der Waals surface area (Å²) in [6, 6.07) is 0. The monoisotopic (exact) mass is 201 g/mol. The first-order valence-corrected chi connectivity index (χ1v) is 4.49. The molecule has 1 aliphatic rings. The molecule has 1 N–H and O–H groups in total. The third kappa shape index (κ3) is 4.36. The van der Waals surface area contributed by atoms with Crippen LogP contribution < -0.4 is 0 Å². The Kier molecular flexibility index (Phi) is 4.58. The Morgan fingerprint density at radius 3 is 2.79 bits per heavy atom. The summed E-state index contributed by atoms with van der Waals surface area (Å²) in [5.41, 5.74) is 0. The van der Waals surface area contributed by atoms with Gasteiger partial charge in [-0.15, -0.1) is 0 Å². The van der Waals surface area contributed by atoms with E-state index in [2.05, 4.69) is 0 Å². The average Bonchev–Trinajstić information content (AvgIpc) is 2.56. The lowest BCUT2D eigenvalue weighted by atomic mass is 10.4. The molecule has 14 heavy (non-hydrogen) atoms. The van der Waals surface area contributed by atoms with Crippen LogP contribution in [0.2, 0.25) is 0 Å². The molecule has 0 saturated carbocycles. The fourth-order valence-electron chi connectivity index (χ4n) is 1.18. The summed E-state index contributed by atoms with van der Waals surface area (Å²) in [4.78, 5) is 12.1. The third-order valence-electron chi connectivity index (χ3n) is 1.83. The van der Waals surface area contributed by atoms with Crippen LogP contribution in [0.3, 0.4) is 0 Å². The Balaban J connectivity index is 2.14. The number of likely N-dealkylation sites (N-methyl/N-ethyl adjacent to an activating group) is 1. The predicted octanol–water partition coefficient (Wildman–Crippen LogP) is -0.0681. The maximum Gasteiger partial charge on any atom is 0.328 e. The molecule has 0 aromatic heterocycles. The third-order valence-corrected chi connectivity index (χ3v) is 1.83. The molecule has 0 aliphatic carbocycles. The molecule has 1 rings (SSSR count). The standard InChI is InChI=1S/C9H15NO4/c1-10(4-2-3-8(11)12)7-9-13-5-6-14-9/h2-3,9H,4-7H2,1H3,(H,11,12). The zero-order chi connectivity index (χ0) is 10.4. The normalized spacial score (nSPS) is 18.4. The maximum atomic E-state index is 10.2. The van der Waals surface area contributed by atoms with Crippen molar-refractivity contribution < 1.29 is 19.4 Å². The number of nitrogens with zero attached hydrogens (tertiary/aromatic N) is 1. The van der Waals surface area contributed by atoms with E-state index in [4.69, 9.17) is 14.6 Å². The number of hydrogen-bond acceptors (Lipinski definition) is 4. The molecular weight excluding hydrogens is 186 g/mol. The van der Waals surface area contributed by atoms with Crippen molar-refractivity contribution >= 4 is 5.97 Å². The average molecular weight is 201 g/mol. The van der Waals surface area contributed by atoms with Crippen molar-refractivity contribution in [2.45, 2.75) is 6.29 Å². The van der Waals surface area contributed by atoms with Gasteiger partial charge in [-0.2, -0.15) is 0 Å². The van der Waals surface area contributed by atoms with Crippen molar-refractivity contribution in [3.8, 4) is 0 Å². The van der Waals surface area contributed by atoms with Crippen molar-refractivity contribution in [1.29, 1.82) is 0 Å². The molecule has 80 valence electrons. The minimum atomic E-state index is -0.924. The number of carboxylic acid groups (broad SMARTS) is 1. The molecule has 0 radical (unpaired) electrons. The number of carbonyl (C=O) groups is 1. The van der Waals surface area contributed by atoms with Gasteiger partial charge in [0.1, 0.15) is 0 Å². The Bertz CT molecular complexity index is 211. The van der Waals surface area contributed by atoms with E-state index < -0.39 is 5.97 Å². The highest BCUT2D eigenvalue weighted by Crippen LogP contribution is 2.04. The van der Waals surface area contributed by atoms with E-state index in [-0.39, 0.29) is 6.29 Å². The van der Waals surface area contributed by atoms with Crippen LogP contribution in [0.1, 0.15) is 0 Å². The molecule has 0 aromatic rings. The predicted molar refractivity (Wildman–Crippen MR) is 50.0 cm³/mol. The maximum absolute atomic E-state index is 10.2. The first-order valence-electron chi connectivity index (χ1n) is 4.49. The summed E-state index contributed by atoms with van der Waals surface area (Å²) in [6.45, 7) is 2.52. The molecule has 0 aromatic carbocycles. The second-order valence-corrected chi connectivity index (χ2v) is 3.13. The van der Waals surface area contributed by atoms with E-state index in [0.29, 0.717) is 26.3 Å². The second-order valence-electron chi connectivity index (χ2n) is 3.13. The largest absolute Gasteiger partial charge is 0.478 e. The fourth-order valence-corrected chi connectivity index (χ4v) is 1.18. The zero-order valence-electron chi connectivity index (χ0n) is 8.18. The van der Waals surface area contributed by atoms with E-state index in [9.17, 15) is 4.79 Å². The molecule has 0 spiro atoms. The Morgan fingerprint density at radius 2 is 2.21 bits per heavy atom. The highest BCUT2D eigenvalue weighted by atomic mass is 16.7. The highest BCUT2D eigenvalue weighted by molar-refractivity contribution is 5.79. The van der Waals surface area contributed by atoms with Gasteiger partial charge in [-0.3, -0.25) is 4.90 Å². The van der Waals surface area contributed by atoms with Gasteiger partial charge in [-0.25, -0.2) is 4.79 Å². The Labute approximate surface area is 82.9 Å². The molecular formula is C9H15NO4. The van der Waals surface area contributed by atoms with E-state index in [0.717, 1.165) is 6.08 Å². The van der Waals surface area contributed by atoms with Crippen molar-refractivity contribution in [1.82, 2.24) is 4.90 Å². The fraction of sp³-hybridized carbons (Fsp3) is 0.667. The number of rotatable bonds is 5. The lowest BCUT2D eigenvalue weighted by Crippen LogP contribution is -2.29. The van der Waals surface area contributed by atoms with Gasteiger partial charge in [0, 0.05) is 19.2 Å². The van der Waals surface area contributed by atoms with Crippen molar-refractivity contribution in [3.05, 3.63) is 12.2 Å². The molecule has 1 fully saturated rings. The summed E-state index contributed by atoms with van der Waals surface area (Å²) in [5.74, 6) is -0.924. The van der Waals surface area contributed by atoms with Gasteiger partial charge in [0.25, 0.3) is 0 Å². The number of ether oxygens (including phenoxy) is 2. The number of aliphatic carboxylic acids is 1. The van der Waals surface area contributed by atoms with E-state index in [1.807, 2.05) is 11.9 Å². The zero-order valence-corrected chi connectivity index (χ0v) is 8.18. The molecule has 0 atom stereocenters. The first kappa shape index (κ1) is 11.2. The summed E-state index contributed by atoms with van der Waals surface area (Å²) in [7, 11) is 1.89. The van der Waals surface area contributed by atoms with Gasteiger partial charge >= 0.3 is 5.97 Å². The molecule has 0 bridgehead atoms. The van der Waals surface area contributed by atoms with Crippen LogP contribution in [0.4, 0.5) is 0 Å². The Hall–Kier alpha value is -0.910. The van der Waals surface area contributed by atoms with Gasteiger partial charge in [-0.05, 0) is 7.05 Å². The highest BCUT2D eigenvalue weighted by Gasteiger charge is 2.16. The first-order chi connectivity index (χ1) is 6.68. The van der Waals surface area contributed by atoms with Gasteiger partial charge < -0.3 is 14.6 Å². The summed E-state index contributed by atoms with van der Waals surface area (Å²) in [5, 5.41) is 8.36. The smallest absolute Gasteiger partial charge is 0.328 e. The van der Waals surface area contributed by atoms with Crippen LogP contribution in [-0.4, -0.2) is 55.6 Å². The van der Waals surface area contributed by atoms with Crippen LogP contribution in [0, 0.1) is 0 Å². The lowest BCUT2D eigenvalue weighted by Gasteiger charge is -2.17. The van der Waals surface area contributed by atoms with Gasteiger partial charge in [0.05, 0.1) is 13.2 Å². The SMILES string of the molecule is CN(CC=CC(=O)O)CC1OCCO1. The van der Waals surface area contributed by atoms with Gasteiger partial charge in [0.15, 0.2) is 6.29 Å². The van der Waals surface area contributed by atoms with Gasteiger partial charge in [0.2, 0.25) is 0 Å². The summed E-state index contributed by atoms with van der Waals surface area (Å²) < 4.78 is 10.5. The molecule has 5 heteroatoms. The summed E-state index contributed by atoms with van der Waals surface area (Å²) in [6.07, 6.45) is 2.56. The topological polar surface area (TPSA) is 59.0 Å². The minimum absolute atomic E-state index is 0.168. The Morgan fingerprint density at radius 1 is 1.57 bits per heavy atom. The van der Waals surface area contributed by atoms with Crippen LogP contribution in [0.15, 0.2) is 12.2 Å². The van der Waals surface area contributed by atoms with Crippen molar-refractivity contribution in [2.75, 3.05) is 33.4 Å². The van der Waals surface area contributed by atoms with Crippen LogP contribution in [0.5, 0.6) is 0 Å². The second kappa shape index (κ2) is 5.74. The van der Waals surface area contributed by atoms with Crippen molar-refractivity contribution in [2.24, 2.45) is 0 Å². The molecule has 1 heterocycles. The van der Waals surface area contributed by atoms with Crippen LogP contribution in [0.25, 0.3) is 0 Å². The van der Waals surface area contributed by atoms with E-state index >= 15 is 0 Å². The summed E-state index contributed by atoms with van der Waals surface area (Å²) >= 11 is 0. The molecule has 0 unspecified atom stereocenters. The molecule has 1 aliphatic heterocycles. The van der Waals surface area contributed by atoms with E-state index in [1.54, 1.807) is 6.08 Å². The lowest BCUT2D eigenvalue weighted by molar-refractivity contribution is -0.131. The molecule has 5 nitrogen and oxygen atoms in total. The van der Waals surface area contributed by atoms with Crippen molar-refractivity contribution in [3.63, 3.8) is 0 Å². The van der Waals surface area contributed by atoms with E-state index in [1.165, 1.54) is 0 Å². The molecule has 1 saturated heterocycles. The van der Waals surface area contributed by atoms with Crippen LogP contribution >= 0.6 is 0 Å². The number of carboxylic acids is 1. The van der Waals surface area contributed by atoms with Crippen LogP contribution in [-0.2, 0) is 14.3 Å². The quantitative estimate of drug-likeness (QED) is 0.631.